The number of likely N-dealkylation sites (tertiary alicyclic amines) is 1. The first-order valence-electron chi connectivity index (χ1n) is 8.87. The standard InChI is InChI=1S/C19H26N4OS/c1-13-5-4-6-23(10-13)11-17-8-14(2)7-16(15(17)3)9-20-22-19-21-18(24)12-25-19/h7-9,13H,4-6,10-12H2,1-3H3,(H,21,22,24). The maximum Gasteiger partial charge on any atom is 0.236 e. The van der Waals surface area contributed by atoms with Gasteiger partial charge in [0.1, 0.15) is 0 Å². The molecule has 2 aliphatic rings. The van der Waals surface area contributed by atoms with Gasteiger partial charge in [-0.15, -0.1) is 5.10 Å². The third kappa shape index (κ3) is 4.92. The van der Waals surface area contributed by atoms with Gasteiger partial charge in [0.2, 0.25) is 5.91 Å². The van der Waals surface area contributed by atoms with Crippen molar-refractivity contribution < 1.29 is 4.79 Å². The third-order valence-corrected chi connectivity index (χ3v) is 5.63. The first-order valence-corrected chi connectivity index (χ1v) is 9.86. The molecule has 1 unspecified atom stereocenters. The van der Waals surface area contributed by atoms with Crippen LogP contribution in [0.1, 0.15) is 42.0 Å². The van der Waals surface area contributed by atoms with Crippen LogP contribution in [-0.2, 0) is 11.3 Å². The molecule has 1 N–H and O–H groups in total. The van der Waals surface area contributed by atoms with Crippen molar-refractivity contribution in [1.82, 2.24) is 10.2 Å². The minimum Gasteiger partial charge on any atom is -0.303 e. The molecule has 2 fully saturated rings. The highest BCUT2D eigenvalue weighted by atomic mass is 32.2. The molecule has 6 heteroatoms. The summed E-state index contributed by atoms with van der Waals surface area (Å²) in [6, 6.07) is 4.42. The van der Waals surface area contributed by atoms with Gasteiger partial charge in [-0.25, -0.2) is 0 Å². The topological polar surface area (TPSA) is 57.1 Å². The molecular formula is C19H26N4OS. The summed E-state index contributed by atoms with van der Waals surface area (Å²) >= 11 is 1.39. The fourth-order valence-electron chi connectivity index (χ4n) is 3.46. The number of rotatable bonds is 4. The number of amides is 1. The molecule has 0 radical (unpaired) electrons. The number of hydrogen-bond donors (Lipinski definition) is 1. The molecule has 2 saturated heterocycles. The molecule has 0 saturated carbocycles. The van der Waals surface area contributed by atoms with Crippen LogP contribution in [0.5, 0.6) is 0 Å². The molecule has 0 aliphatic carbocycles. The second-order valence-electron chi connectivity index (χ2n) is 7.11. The Kier molecular flexibility index (Phi) is 5.91. The fourth-order valence-corrected chi connectivity index (χ4v) is 4.09. The van der Waals surface area contributed by atoms with Crippen molar-refractivity contribution in [3.63, 3.8) is 0 Å². The third-order valence-electron chi connectivity index (χ3n) is 4.77. The van der Waals surface area contributed by atoms with E-state index in [0.717, 1.165) is 18.0 Å². The summed E-state index contributed by atoms with van der Waals surface area (Å²) < 4.78 is 0. The highest BCUT2D eigenvalue weighted by Gasteiger charge is 2.18. The van der Waals surface area contributed by atoms with E-state index in [1.807, 2.05) is 0 Å². The van der Waals surface area contributed by atoms with Gasteiger partial charge in [0.05, 0.1) is 12.0 Å². The normalized spacial score (nSPS) is 23.6. The molecule has 1 aromatic rings. The summed E-state index contributed by atoms with van der Waals surface area (Å²) in [5, 5.41) is 11.5. The van der Waals surface area contributed by atoms with Gasteiger partial charge < -0.3 is 5.32 Å². The number of benzene rings is 1. The maximum absolute atomic E-state index is 11.2. The van der Waals surface area contributed by atoms with Crippen LogP contribution in [-0.4, -0.2) is 41.0 Å². The Morgan fingerprint density at radius 3 is 2.96 bits per heavy atom. The molecule has 0 bridgehead atoms. The first-order chi connectivity index (χ1) is 12.0. The smallest absolute Gasteiger partial charge is 0.236 e. The summed E-state index contributed by atoms with van der Waals surface area (Å²) in [4.78, 5) is 13.7. The second kappa shape index (κ2) is 8.15. The number of hydrogen-bond acceptors (Lipinski definition) is 5. The lowest BCUT2D eigenvalue weighted by atomic mass is 9.96. The van der Waals surface area contributed by atoms with E-state index in [9.17, 15) is 4.79 Å². The summed E-state index contributed by atoms with van der Waals surface area (Å²) in [5.41, 5.74) is 4.96. The predicted octanol–water partition coefficient (Wildman–Crippen LogP) is 3.09. The van der Waals surface area contributed by atoms with Crippen LogP contribution >= 0.6 is 11.8 Å². The highest BCUT2D eigenvalue weighted by Crippen LogP contribution is 2.22. The van der Waals surface area contributed by atoms with Crippen LogP contribution in [0, 0.1) is 19.8 Å². The van der Waals surface area contributed by atoms with Gasteiger partial charge in [0.15, 0.2) is 5.17 Å². The van der Waals surface area contributed by atoms with Gasteiger partial charge in [0, 0.05) is 13.1 Å². The highest BCUT2D eigenvalue weighted by molar-refractivity contribution is 8.15. The largest absolute Gasteiger partial charge is 0.303 e. The number of aryl methyl sites for hydroxylation is 1. The Hall–Kier alpha value is -1.66. The summed E-state index contributed by atoms with van der Waals surface area (Å²) in [6.45, 7) is 9.99. The summed E-state index contributed by atoms with van der Waals surface area (Å²) in [7, 11) is 0. The van der Waals surface area contributed by atoms with E-state index in [1.54, 1.807) is 6.21 Å². The molecule has 25 heavy (non-hydrogen) atoms. The molecule has 3 rings (SSSR count). The Labute approximate surface area is 154 Å². The summed E-state index contributed by atoms with van der Waals surface area (Å²) in [6.07, 6.45) is 4.43. The van der Waals surface area contributed by atoms with Crippen LogP contribution in [0.4, 0.5) is 0 Å². The molecule has 2 aliphatic heterocycles. The van der Waals surface area contributed by atoms with Crippen molar-refractivity contribution in [3.05, 3.63) is 34.4 Å². The van der Waals surface area contributed by atoms with Crippen LogP contribution in [0.25, 0.3) is 0 Å². The van der Waals surface area contributed by atoms with E-state index >= 15 is 0 Å². The Morgan fingerprint density at radius 1 is 1.40 bits per heavy atom. The Bertz CT molecular complexity index is 714. The van der Waals surface area contributed by atoms with Crippen LogP contribution in [0.3, 0.4) is 0 Å². The molecule has 0 aromatic heterocycles. The lowest BCUT2D eigenvalue weighted by molar-refractivity contribution is -0.116. The monoisotopic (exact) mass is 358 g/mol. The number of carbonyl (C=O) groups is 1. The van der Waals surface area contributed by atoms with Gasteiger partial charge in [-0.3, -0.25) is 9.69 Å². The van der Waals surface area contributed by atoms with E-state index in [2.05, 4.69) is 53.3 Å². The zero-order valence-corrected chi connectivity index (χ0v) is 16.0. The molecule has 0 spiro atoms. The van der Waals surface area contributed by atoms with Gasteiger partial charge in [-0.05, 0) is 55.8 Å². The lowest BCUT2D eigenvalue weighted by Crippen LogP contribution is -2.34. The first kappa shape index (κ1) is 18.1. The van der Waals surface area contributed by atoms with Gasteiger partial charge >= 0.3 is 0 Å². The quantitative estimate of drug-likeness (QED) is 0.665. The number of nitrogens with zero attached hydrogens (tertiary/aromatic N) is 3. The van der Waals surface area contributed by atoms with Crippen LogP contribution in [0.2, 0.25) is 0 Å². The number of carbonyl (C=O) groups excluding carboxylic acids is 1. The Morgan fingerprint density at radius 2 is 2.24 bits per heavy atom. The molecule has 5 nitrogen and oxygen atoms in total. The van der Waals surface area contributed by atoms with E-state index in [4.69, 9.17) is 0 Å². The molecule has 134 valence electrons. The average molecular weight is 359 g/mol. The van der Waals surface area contributed by atoms with Crippen molar-refractivity contribution in [1.29, 1.82) is 0 Å². The molecule has 1 amide bonds. The van der Waals surface area contributed by atoms with Gasteiger partial charge in [0.25, 0.3) is 0 Å². The molecule has 1 atom stereocenters. The number of thioether (sulfide) groups is 1. The van der Waals surface area contributed by atoms with Crippen molar-refractivity contribution in [2.24, 2.45) is 16.1 Å². The SMILES string of the molecule is Cc1cc(C=NN=C2NC(=O)CS2)c(C)c(CN2CCCC(C)C2)c1. The number of amidine groups is 1. The Balaban J connectivity index is 1.74. The predicted molar refractivity (Wildman–Crippen MR) is 105 cm³/mol. The molecular weight excluding hydrogens is 332 g/mol. The second-order valence-corrected chi connectivity index (χ2v) is 8.07. The minimum absolute atomic E-state index is 0.0104. The van der Waals surface area contributed by atoms with E-state index in [-0.39, 0.29) is 5.91 Å². The molecule has 2 heterocycles. The van der Waals surface area contributed by atoms with Crippen LogP contribution < -0.4 is 5.32 Å². The summed E-state index contributed by atoms with van der Waals surface area (Å²) in [5.74, 6) is 1.20. The van der Waals surface area contributed by atoms with Crippen LogP contribution in [0.15, 0.2) is 22.3 Å². The van der Waals surface area contributed by atoms with Gasteiger partial charge in [-0.1, -0.05) is 36.4 Å². The minimum atomic E-state index is -0.0104. The van der Waals surface area contributed by atoms with Gasteiger partial charge in [-0.2, -0.15) is 5.10 Å². The lowest BCUT2D eigenvalue weighted by Gasteiger charge is -2.31. The average Bonchev–Trinajstić information content (AvgIpc) is 2.97. The maximum atomic E-state index is 11.2. The van der Waals surface area contributed by atoms with Crippen molar-refractivity contribution in [2.45, 2.75) is 40.2 Å². The fraction of sp³-hybridized carbons (Fsp3) is 0.526. The van der Waals surface area contributed by atoms with Crippen molar-refractivity contribution >= 4 is 29.1 Å². The number of piperidine rings is 1. The van der Waals surface area contributed by atoms with E-state index in [1.165, 1.54) is 54.4 Å². The van der Waals surface area contributed by atoms with Crippen molar-refractivity contribution in [3.8, 4) is 0 Å². The zero-order chi connectivity index (χ0) is 17.8. The number of nitrogens with one attached hydrogen (secondary N) is 1. The van der Waals surface area contributed by atoms with E-state index < -0.39 is 0 Å². The van der Waals surface area contributed by atoms with E-state index in [0.29, 0.717) is 10.9 Å². The zero-order valence-electron chi connectivity index (χ0n) is 15.2. The molecule has 1 aromatic carbocycles. The van der Waals surface area contributed by atoms with Crippen molar-refractivity contribution in [2.75, 3.05) is 18.8 Å².